The Morgan fingerprint density at radius 3 is 2.19 bits per heavy atom. The predicted molar refractivity (Wildman–Crippen MR) is 105 cm³/mol. The van der Waals surface area contributed by atoms with E-state index in [1.807, 2.05) is 12.1 Å². The summed E-state index contributed by atoms with van der Waals surface area (Å²) >= 11 is 11.8. The number of sulfonamides is 1. The summed E-state index contributed by atoms with van der Waals surface area (Å²) in [7, 11) is -4.00. The normalized spacial score (nSPS) is 12.8. The SMILES string of the molecule is CC(C)c1ccc(NC(=O)[C@H](C)NS(=O)(=O)c2cc(Cl)ccc2Cl)cc1. The Hall–Kier alpha value is -1.60. The first kappa shape index (κ1) is 20.7. The molecule has 0 unspecified atom stereocenters. The highest BCUT2D eigenvalue weighted by Gasteiger charge is 2.24. The zero-order chi connectivity index (χ0) is 19.5. The van der Waals surface area contributed by atoms with E-state index in [0.29, 0.717) is 11.6 Å². The molecular weight excluding hydrogens is 395 g/mol. The van der Waals surface area contributed by atoms with E-state index in [4.69, 9.17) is 23.2 Å². The monoisotopic (exact) mass is 414 g/mol. The minimum Gasteiger partial charge on any atom is -0.325 e. The number of amides is 1. The van der Waals surface area contributed by atoms with Crippen molar-refractivity contribution in [1.82, 2.24) is 4.72 Å². The van der Waals surface area contributed by atoms with Gasteiger partial charge in [0.15, 0.2) is 0 Å². The summed E-state index contributed by atoms with van der Waals surface area (Å²) in [6.07, 6.45) is 0. The molecule has 0 aliphatic rings. The van der Waals surface area contributed by atoms with Gasteiger partial charge in [-0.3, -0.25) is 4.79 Å². The minimum absolute atomic E-state index is 0.0267. The number of carbonyl (C=O) groups excluding carboxylic acids is 1. The topological polar surface area (TPSA) is 75.3 Å². The number of halogens is 2. The first-order valence-electron chi connectivity index (χ1n) is 7.98. The van der Waals surface area contributed by atoms with Crippen LogP contribution in [0.1, 0.15) is 32.3 Å². The van der Waals surface area contributed by atoms with Crippen molar-refractivity contribution < 1.29 is 13.2 Å². The van der Waals surface area contributed by atoms with Gasteiger partial charge in [0, 0.05) is 10.7 Å². The molecule has 2 aromatic carbocycles. The molecule has 26 heavy (non-hydrogen) atoms. The molecule has 0 radical (unpaired) electrons. The van der Waals surface area contributed by atoms with Gasteiger partial charge in [0.25, 0.3) is 0 Å². The molecule has 0 heterocycles. The molecule has 0 aromatic heterocycles. The summed E-state index contributed by atoms with van der Waals surface area (Å²) in [6.45, 7) is 5.60. The zero-order valence-electron chi connectivity index (χ0n) is 14.6. The third-order valence-corrected chi connectivity index (χ3v) is 6.01. The van der Waals surface area contributed by atoms with E-state index in [9.17, 15) is 13.2 Å². The van der Waals surface area contributed by atoms with Crippen LogP contribution in [0.3, 0.4) is 0 Å². The fraction of sp³-hybridized carbons (Fsp3) is 0.278. The molecule has 0 aliphatic heterocycles. The molecule has 1 amide bonds. The standard InChI is InChI=1S/C18H20Cl2N2O3S/c1-11(2)13-4-7-15(8-5-13)21-18(23)12(3)22-26(24,25)17-10-14(19)6-9-16(17)20/h4-12,22H,1-3H3,(H,21,23)/t12-/m0/s1. The molecule has 0 fully saturated rings. The summed E-state index contributed by atoms with van der Waals surface area (Å²) < 4.78 is 27.2. The highest BCUT2D eigenvalue weighted by molar-refractivity contribution is 7.89. The Bertz CT molecular complexity index is 897. The second kappa shape index (κ2) is 8.39. The maximum Gasteiger partial charge on any atom is 0.242 e. The molecule has 1 atom stereocenters. The lowest BCUT2D eigenvalue weighted by atomic mass is 10.0. The Balaban J connectivity index is 2.09. The molecule has 0 saturated carbocycles. The van der Waals surface area contributed by atoms with Crippen LogP contribution in [-0.2, 0) is 14.8 Å². The van der Waals surface area contributed by atoms with Crippen molar-refractivity contribution >= 4 is 44.8 Å². The number of benzene rings is 2. The molecule has 0 spiro atoms. The van der Waals surface area contributed by atoms with Crippen LogP contribution in [0.2, 0.25) is 10.0 Å². The van der Waals surface area contributed by atoms with E-state index < -0.39 is 22.0 Å². The van der Waals surface area contributed by atoms with Crippen LogP contribution in [0.25, 0.3) is 0 Å². The molecule has 5 nitrogen and oxygen atoms in total. The van der Waals surface area contributed by atoms with Gasteiger partial charge in [-0.2, -0.15) is 4.72 Å². The third-order valence-electron chi connectivity index (χ3n) is 3.75. The van der Waals surface area contributed by atoms with Crippen molar-refractivity contribution in [1.29, 1.82) is 0 Å². The summed E-state index contributed by atoms with van der Waals surface area (Å²) in [5.41, 5.74) is 1.73. The van der Waals surface area contributed by atoms with Crippen molar-refractivity contribution in [2.24, 2.45) is 0 Å². The van der Waals surface area contributed by atoms with Gasteiger partial charge in [-0.15, -0.1) is 0 Å². The fourth-order valence-electron chi connectivity index (χ4n) is 2.23. The van der Waals surface area contributed by atoms with E-state index in [0.717, 1.165) is 5.56 Å². The van der Waals surface area contributed by atoms with Gasteiger partial charge >= 0.3 is 0 Å². The number of rotatable bonds is 6. The Morgan fingerprint density at radius 2 is 1.62 bits per heavy atom. The van der Waals surface area contributed by atoms with Gasteiger partial charge in [-0.05, 0) is 48.7 Å². The number of hydrogen-bond acceptors (Lipinski definition) is 3. The Labute approximate surface area is 163 Å². The summed E-state index contributed by atoms with van der Waals surface area (Å²) in [4.78, 5) is 12.1. The van der Waals surface area contributed by atoms with Crippen LogP contribution in [0.4, 0.5) is 5.69 Å². The van der Waals surface area contributed by atoms with Gasteiger partial charge in [-0.25, -0.2) is 8.42 Å². The molecule has 8 heteroatoms. The fourth-order valence-corrected chi connectivity index (χ4v) is 4.20. The van der Waals surface area contributed by atoms with E-state index in [2.05, 4.69) is 23.9 Å². The smallest absolute Gasteiger partial charge is 0.242 e. The molecular formula is C18H20Cl2N2O3S. The van der Waals surface area contributed by atoms with E-state index >= 15 is 0 Å². The van der Waals surface area contributed by atoms with E-state index in [1.165, 1.54) is 25.1 Å². The number of hydrogen-bond donors (Lipinski definition) is 2. The van der Waals surface area contributed by atoms with Gasteiger partial charge in [-0.1, -0.05) is 49.2 Å². The third kappa shape index (κ3) is 5.20. The summed E-state index contributed by atoms with van der Waals surface area (Å²) in [5.74, 6) is -0.100. The lowest BCUT2D eigenvalue weighted by Gasteiger charge is -2.15. The summed E-state index contributed by atoms with van der Waals surface area (Å²) in [6, 6.07) is 10.5. The van der Waals surface area contributed by atoms with E-state index in [1.54, 1.807) is 12.1 Å². The van der Waals surface area contributed by atoms with E-state index in [-0.39, 0.29) is 14.9 Å². The van der Waals surface area contributed by atoms with Gasteiger partial charge in [0.05, 0.1) is 11.1 Å². The van der Waals surface area contributed by atoms with Crippen LogP contribution in [-0.4, -0.2) is 20.4 Å². The lowest BCUT2D eigenvalue weighted by molar-refractivity contribution is -0.117. The number of carbonyl (C=O) groups is 1. The van der Waals surface area contributed by atoms with Crippen molar-refractivity contribution in [3.8, 4) is 0 Å². The average molecular weight is 415 g/mol. The Morgan fingerprint density at radius 1 is 1.00 bits per heavy atom. The Kier molecular flexibility index (Phi) is 6.69. The predicted octanol–water partition coefficient (Wildman–Crippen LogP) is 4.42. The molecule has 2 aromatic rings. The van der Waals surface area contributed by atoms with Gasteiger partial charge in [0.1, 0.15) is 4.90 Å². The van der Waals surface area contributed by atoms with Gasteiger partial charge in [0.2, 0.25) is 15.9 Å². The quantitative estimate of drug-likeness (QED) is 0.733. The molecule has 2 rings (SSSR count). The highest BCUT2D eigenvalue weighted by atomic mass is 35.5. The van der Waals surface area contributed by atoms with Crippen LogP contribution < -0.4 is 10.0 Å². The van der Waals surface area contributed by atoms with Crippen molar-refractivity contribution in [3.63, 3.8) is 0 Å². The van der Waals surface area contributed by atoms with Crippen LogP contribution >= 0.6 is 23.2 Å². The average Bonchev–Trinajstić information content (AvgIpc) is 2.57. The number of nitrogens with one attached hydrogen (secondary N) is 2. The van der Waals surface area contributed by atoms with Crippen molar-refractivity contribution in [2.75, 3.05) is 5.32 Å². The minimum atomic E-state index is -4.00. The molecule has 140 valence electrons. The molecule has 0 aliphatic carbocycles. The van der Waals surface area contributed by atoms with Crippen molar-refractivity contribution in [3.05, 3.63) is 58.1 Å². The maximum atomic E-state index is 12.5. The van der Waals surface area contributed by atoms with Crippen LogP contribution in [0.5, 0.6) is 0 Å². The first-order chi connectivity index (χ1) is 12.1. The largest absolute Gasteiger partial charge is 0.325 e. The molecule has 0 bridgehead atoms. The van der Waals surface area contributed by atoms with Crippen LogP contribution in [0, 0.1) is 0 Å². The van der Waals surface area contributed by atoms with Crippen molar-refractivity contribution in [2.45, 2.75) is 37.6 Å². The first-order valence-corrected chi connectivity index (χ1v) is 10.2. The number of anilines is 1. The second-order valence-corrected chi connectivity index (χ2v) is 8.71. The van der Waals surface area contributed by atoms with Crippen LogP contribution in [0.15, 0.2) is 47.4 Å². The maximum absolute atomic E-state index is 12.5. The zero-order valence-corrected chi connectivity index (χ0v) is 16.9. The molecule has 2 N–H and O–H groups in total. The lowest BCUT2D eigenvalue weighted by Crippen LogP contribution is -2.41. The molecule has 0 saturated heterocycles. The highest BCUT2D eigenvalue weighted by Crippen LogP contribution is 2.25. The summed E-state index contributed by atoms with van der Waals surface area (Å²) in [5, 5.41) is 2.94. The van der Waals surface area contributed by atoms with Gasteiger partial charge < -0.3 is 5.32 Å². The second-order valence-electron chi connectivity index (χ2n) is 6.18.